The molecule has 3 rings (SSSR count). The zero-order valence-corrected chi connectivity index (χ0v) is 15.4. The van der Waals surface area contributed by atoms with Crippen molar-refractivity contribution in [3.05, 3.63) is 70.2 Å². The SMILES string of the molecule is O=C(c1cccc(Cl)c1)N1CCN(CCc2ccccc2C(F)(F)F)CC1. The van der Waals surface area contributed by atoms with Gasteiger partial charge in [-0.05, 0) is 36.2 Å². The summed E-state index contributed by atoms with van der Waals surface area (Å²) in [4.78, 5) is 16.4. The van der Waals surface area contributed by atoms with Crippen LogP contribution in [0.15, 0.2) is 48.5 Å². The molecule has 2 aromatic rings. The van der Waals surface area contributed by atoms with Crippen LogP contribution in [0.2, 0.25) is 5.02 Å². The van der Waals surface area contributed by atoms with Crippen LogP contribution >= 0.6 is 11.6 Å². The van der Waals surface area contributed by atoms with Crippen molar-refractivity contribution < 1.29 is 18.0 Å². The number of piperazine rings is 1. The van der Waals surface area contributed by atoms with Crippen LogP contribution in [0.4, 0.5) is 13.2 Å². The zero-order chi connectivity index (χ0) is 19.4. The van der Waals surface area contributed by atoms with Crippen molar-refractivity contribution in [3.63, 3.8) is 0 Å². The maximum atomic E-state index is 13.1. The molecule has 1 fully saturated rings. The number of halogens is 4. The van der Waals surface area contributed by atoms with E-state index in [0.717, 1.165) is 6.07 Å². The lowest BCUT2D eigenvalue weighted by atomic mass is 10.0. The molecule has 1 saturated heterocycles. The summed E-state index contributed by atoms with van der Waals surface area (Å²) >= 11 is 5.94. The van der Waals surface area contributed by atoms with E-state index >= 15 is 0 Å². The van der Waals surface area contributed by atoms with Crippen molar-refractivity contribution in [1.82, 2.24) is 9.80 Å². The molecule has 0 saturated carbocycles. The van der Waals surface area contributed by atoms with Gasteiger partial charge >= 0.3 is 6.18 Å². The second-order valence-corrected chi connectivity index (χ2v) is 6.99. The molecule has 0 unspecified atom stereocenters. The Bertz CT molecular complexity index is 802. The summed E-state index contributed by atoms with van der Waals surface area (Å²) in [6.45, 7) is 2.91. The maximum absolute atomic E-state index is 13.1. The van der Waals surface area contributed by atoms with Gasteiger partial charge in [-0.15, -0.1) is 0 Å². The third kappa shape index (κ3) is 5.02. The smallest absolute Gasteiger partial charge is 0.336 e. The molecule has 1 amide bonds. The molecule has 1 aliphatic heterocycles. The van der Waals surface area contributed by atoms with Gasteiger partial charge in [-0.3, -0.25) is 9.69 Å². The van der Waals surface area contributed by atoms with E-state index in [2.05, 4.69) is 4.90 Å². The second kappa shape index (κ2) is 8.31. The predicted octanol–water partition coefficient (Wildman–Crippen LogP) is 4.36. The summed E-state index contributed by atoms with van der Waals surface area (Å²) in [5, 5.41) is 0.516. The highest BCUT2D eigenvalue weighted by Crippen LogP contribution is 2.32. The van der Waals surface area contributed by atoms with Crippen LogP contribution in [0.5, 0.6) is 0 Å². The first-order chi connectivity index (χ1) is 12.8. The van der Waals surface area contributed by atoms with Crippen LogP contribution in [0.1, 0.15) is 21.5 Å². The number of carbonyl (C=O) groups excluding carboxylic acids is 1. The maximum Gasteiger partial charge on any atom is 0.416 e. The van der Waals surface area contributed by atoms with Crippen molar-refractivity contribution in [2.24, 2.45) is 0 Å². The van der Waals surface area contributed by atoms with Crippen molar-refractivity contribution in [2.75, 3.05) is 32.7 Å². The van der Waals surface area contributed by atoms with E-state index in [0.29, 0.717) is 55.3 Å². The molecule has 0 N–H and O–H groups in total. The van der Waals surface area contributed by atoms with E-state index in [4.69, 9.17) is 11.6 Å². The van der Waals surface area contributed by atoms with Crippen molar-refractivity contribution in [2.45, 2.75) is 12.6 Å². The Balaban J connectivity index is 1.54. The van der Waals surface area contributed by atoms with Crippen LogP contribution in [0.25, 0.3) is 0 Å². The van der Waals surface area contributed by atoms with Crippen LogP contribution in [-0.2, 0) is 12.6 Å². The van der Waals surface area contributed by atoms with Gasteiger partial charge in [0.05, 0.1) is 5.56 Å². The summed E-state index contributed by atoms with van der Waals surface area (Å²) in [5.41, 5.74) is 0.289. The number of carbonyl (C=O) groups is 1. The normalized spacial score (nSPS) is 15.8. The highest BCUT2D eigenvalue weighted by molar-refractivity contribution is 6.30. The van der Waals surface area contributed by atoms with E-state index in [1.165, 1.54) is 12.1 Å². The third-order valence-electron chi connectivity index (χ3n) is 4.75. The Morgan fingerprint density at radius 1 is 1.00 bits per heavy atom. The Labute approximate surface area is 161 Å². The van der Waals surface area contributed by atoms with E-state index in [1.54, 1.807) is 35.2 Å². The first-order valence-corrected chi connectivity index (χ1v) is 9.15. The summed E-state index contributed by atoms with van der Waals surface area (Å²) in [5.74, 6) is -0.0698. The molecule has 0 spiro atoms. The van der Waals surface area contributed by atoms with E-state index in [1.807, 2.05) is 0 Å². The van der Waals surface area contributed by atoms with Crippen LogP contribution < -0.4 is 0 Å². The van der Waals surface area contributed by atoms with Crippen LogP contribution in [0.3, 0.4) is 0 Å². The highest BCUT2D eigenvalue weighted by atomic mass is 35.5. The molecule has 7 heteroatoms. The van der Waals surface area contributed by atoms with Gasteiger partial charge < -0.3 is 4.90 Å². The van der Waals surface area contributed by atoms with Crippen molar-refractivity contribution in [3.8, 4) is 0 Å². The Hall–Kier alpha value is -2.05. The monoisotopic (exact) mass is 396 g/mol. The molecule has 0 bridgehead atoms. The number of hydrogen-bond donors (Lipinski definition) is 0. The number of alkyl halides is 3. The summed E-state index contributed by atoms with van der Waals surface area (Å²) < 4.78 is 39.2. The lowest BCUT2D eigenvalue weighted by molar-refractivity contribution is -0.138. The fraction of sp³-hybridized carbons (Fsp3) is 0.350. The molecular formula is C20H20ClF3N2O. The fourth-order valence-electron chi connectivity index (χ4n) is 3.27. The average Bonchev–Trinajstić information content (AvgIpc) is 2.66. The molecule has 2 aromatic carbocycles. The van der Waals surface area contributed by atoms with Gasteiger partial charge in [0.15, 0.2) is 0 Å². The molecule has 1 aliphatic rings. The minimum atomic E-state index is -4.33. The van der Waals surface area contributed by atoms with Crippen LogP contribution in [-0.4, -0.2) is 48.4 Å². The number of nitrogens with zero attached hydrogens (tertiary/aromatic N) is 2. The number of rotatable bonds is 4. The Morgan fingerprint density at radius 2 is 1.70 bits per heavy atom. The van der Waals surface area contributed by atoms with E-state index in [-0.39, 0.29) is 5.91 Å². The van der Waals surface area contributed by atoms with Gasteiger partial charge in [0.2, 0.25) is 0 Å². The third-order valence-corrected chi connectivity index (χ3v) is 4.99. The minimum absolute atomic E-state index is 0.0698. The predicted molar refractivity (Wildman–Crippen MR) is 98.9 cm³/mol. The summed E-state index contributed by atoms with van der Waals surface area (Å²) in [7, 11) is 0. The highest BCUT2D eigenvalue weighted by Gasteiger charge is 2.33. The van der Waals surface area contributed by atoms with Gasteiger partial charge in [-0.25, -0.2) is 0 Å². The standard InChI is InChI=1S/C20H20ClF3N2O/c21-17-6-3-5-16(14-17)19(27)26-12-10-25(11-13-26)9-8-15-4-1-2-7-18(15)20(22,23)24/h1-7,14H,8-13H2. The molecular weight excluding hydrogens is 377 g/mol. The Morgan fingerprint density at radius 3 is 2.37 bits per heavy atom. The van der Waals surface area contributed by atoms with Crippen LogP contribution in [0, 0.1) is 0 Å². The van der Waals surface area contributed by atoms with E-state index < -0.39 is 11.7 Å². The second-order valence-electron chi connectivity index (χ2n) is 6.55. The van der Waals surface area contributed by atoms with Crippen molar-refractivity contribution >= 4 is 17.5 Å². The fourth-order valence-corrected chi connectivity index (χ4v) is 3.46. The van der Waals surface area contributed by atoms with E-state index in [9.17, 15) is 18.0 Å². The molecule has 1 heterocycles. The van der Waals surface area contributed by atoms with Crippen molar-refractivity contribution in [1.29, 1.82) is 0 Å². The van der Waals surface area contributed by atoms with Gasteiger partial charge in [0.1, 0.15) is 0 Å². The first kappa shape index (κ1) is 19.7. The van der Waals surface area contributed by atoms with Gasteiger partial charge in [0.25, 0.3) is 5.91 Å². The number of amides is 1. The zero-order valence-electron chi connectivity index (χ0n) is 14.7. The Kier molecular flexibility index (Phi) is 6.07. The lowest BCUT2D eigenvalue weighted by Gasteiger charge is -2.35. The molecule has 3 nitrogen and oxygen atoms in total. The summed E-state index contributed by atoms with van der Waals surface area (Å²) in [6, 6.07) is 12.5. The molecule has 27 heavy (non-hydrogen) atoms. The molecule has 144 valence electrons. The topological polar surface area (TPSA) is 23.6 Å². The molecule has 0 atom stereocenters. The largest absolute Gasteiger partial charge is 0.416 e. The van der Waals surface area contributed by atoms with Gasteiger partial charge in [-0.2, -0.15) is 13.2 Å². The van der Waals surface area contributed by atoms with Gasteiger partial charge in [0, 0.05) is 43.3 Å². The minimum Gasteiger partial charge on any atom is -0.336 e. The molecule has 0 aromatic heterocycles. The lowest BCUT2D eigenvalue weighted by Crippen LogP contribution is -2.49. The number of benzene rings is 2. The first-order valence-electron chi connectivity index (χ1n) is 8.77. The quantitative estimate of drug-likeness (QED) is 0.766. The molecule has 0 radical (unpaired) electrons. The number of hydrogen-bond acceptors (Lipinski definition) is 2. The van der Waals surface area contributed by atoms with Gasteiger partial charge in [-0.1, -0.05) is 35.9 Å². The average molecular weight is 397 g/mol. The molecule has 0 aliphatic carbocycles. The summed E-state index contributed by atoms with van der Waals surface area (Å²) in [6.07, 6.45) is -4.00.